The average molecular weight is 345 g/mol. The zero-order valence-corrected chi connectivity index (χ0v) is 12.9. The van der Waals surface area contributed by atoms with Gasteiger partial charge in [0.15, 0.2) is 0 Å². The van der Waals surface area contributed by atoms with Crippen LogP contribution >= 0.6 is 15.9 Å². The summed E-state index contributed by atoms with van der Waals surface area (Å²) < 4.78 is 6.07. The van der Waals surface area contributed by atoms with Crippen LogP contribution in [-0.4, -0.2) is 18.0 Å². The summed E-state index contributed by atoms with van der Waals surface area (Å²) >= 11 is 3.39. The predicted octanol–water partition coefficient (Wildman–Crippen LogP) is 4.19. The number of halogens is 1. The van der Waals surface area contributed by atoms with Gasteiger partial charge in [0.25, 0.3) is 5.91 Å². The van der Waals surface area contributed by atoms with Gasteiger partial charge < -0.3 is 15.0 Å². The molecule has 21 heavy (non-hydrogen) atoms. The predicted molar refractivity (Wildman–Crippen MR) is 86.9 cm³/mol. The number of nitrogens with one attached hydrogen (secondary N) is 2. The molecule has 0 saturated carbocycles. The number of rotatable bonds is 3. The second-order valence-electron chi connectivity index (χ2n) is 4.55. The number of ether oxygens (including phenoxy) is 1. The lowest BCUT2D eigenvalue weighted by Crippen LogP contribution is -2.12. The molecule has 0 aliphatic rings. The summed E-state index contributed by atoms with van der Waals surface area (Å²) in [6.07, 6.45) is 1.82. The minimum atomic E-state index is -0.149. The van der Waals surface area contributed by atoms with E-state index >= 15 is 0 Å². The molecule has 0 fully saturated rings. The van der Waals surface area contributed by atoms with Crippen LogP contribution in [0.1, 0.15) is 10.4 Å². The first-order valence-electron chi connectivity index (χ1n) is 6.40. The molecule has 0 radical (unpaired) electrons. The van der Waals surface area contributed by atoms with Crippen molar-refractivity contribution in [2.45, 2.75) is 0 Å². The first-order chi connectivity index (χ1) is 10.2. The van der Waals surface area contributed by atoms with Gasteiger partial charge in [-0.15, -0.1) is 0 Å². The summed E-state index contributed by atoms with van der Waals surface area (Å²) in [5.74, 6) is 0.525. The van der Waals surface area contributed by atoms with Gasteiger partial charge in [-0.05, 0) is 46.3 Å². The minimum Gasteiger partial charge on any atom is -0.495 e. The number of hydrogen-bond donors (Lipinski definition) is 2. The smallest absolute Gasteiger partial charge is 0.256 e. The fourth-order valence-electron chi connectivity index (χ4n) is 2.22. The highest BCUT2D eigenvalue weighted by Crippen LogP contribution is 2.28. The minimum absolute atomic E-state index is 0.149. The quantitative estimate of drug-likeness (QED) is 0.748. The molecule has 0 atom stereocenters. The molecule has 0 saturated heterocycles. The van der Waals surface area contributed by atoms with E-state index in [9.17, 15) is 4.79 Å². The first-order valence-corrected chi connectivity index (χ1v) is 7.19. The molecule has 4 nitrogen and oxygen atoms in total. The molecule has 0 bridgehead atoms. The molecular formula is C16H13BrN2O2. The molecule has 5 heteroatoms. The maximum atomic E-state index is 12.4. The Kier molecular flexibility index (Phi) is 3.66. The third kappa shape index (κ3) is 2.64. The van der Waals surface area contributed by atoms with Crippen molar-refractivity contribution in [1.29, 1.82) is 0 Å². The van der Waals surface area contributed by atoms with Crippen LogP contribution in [-0.2, 0) is 0 Å². The Morgan fingerprint density at radius 3 is 2.90 bits per heavy atom. The molecule has 3 aromatic rings. The van der Waals surface area contributed by atoms with Crippen molar-refractivity contribution in [2.24, 2.45) is 0 Å². The molecule has 0 aliphatic carbocycles. The highest BCUT2D eigenvalue weighted by Gasteiger charge is 2.11. The lowest BCUT2D eigenvalue weighted by molar-refractivity contribution is 0.102. The number of methoxy groups -OCH3 is 1. The van der Waals surface area contributed by atoms with Crippen molar-refractivity contribution in [3.63, 3.8) is 0 Å². The molecule has 1 amide bonds. The van der Waals surface area contributed by atoms with Gasteiger partial charge in [-0.1, -0.05) is 6.07 Å². The second-order valence-corrected chi connectivity index (χ2v) is 5.40. The van der Waals surface area contributed by atoms with Gasteiger partial charge in [-0.25, -0.2) is 0 Å². The van der Waals surface area contributed by atoms with E-state index < -0.39 is 0 Å². The topological polar surface area (TPSA) is 54.1 Å². The third-order valence-corrected chi connectivity index (χ3v) is 3.90. The van der Waals surface area contributed by atoms with E-state index in [0.717, 1.165) is 15.4 Å². The molecule has 3 rings (SSSR count). The zero-order valence-electron chi connectivity index (χ0n) is 11.3. The first kappa shape index (κ1) is 13.7. The van der Waals surface area contributed by atoms with E-state index in [-0.39, 0.29) is 5.91 Å². The molecule has 2 N–H and O–H groups in total. The van der Waals surface area contributed by atoms with Crippen LogP contribution in [0, 0.1) is 0 Å². The van der Waals surface area contributed by atoms with Gasteiger partial charge in [0.05, 0.1) is 11.6 Å². The molecule has 1 heterocycles. The fourth-order valence-corrected chi connectivity index (χ4v) is 2.63. The largest absolute Gasteiger partial charge is 0.495 e. The maximum Gasteiger partial charge on any atom is 0.256 e. The zero-order chi connectivity index (χ0) is 14.8. The Balaban J connectivity index is 1.91. The van der Waals surface area contributed by atoms with Crippen LogP contribution in [0.25, 0.3) is 10.9 Å². The summed E-state index contributed by atoms with van der Waals surface area (Å²) in [4.78, 5) is 15.5. The Labute approximate surface area is 130 Å². The van der Waals surface area contributed by atoms with E-state index in [1.54, 1.807) is 13.2 Å². The molecular weight excluding hydrogens is 332 g/mol. The van der Waals surface area contributed by atoms with Gasteiger partial charge in [-0.2, -0.15) is 0 Å². The summed E-state index contributed by atoms with van der Waals surface area (Å²) in [6.45, 7) is 0. The summed E-state index contributed by atoms with van der Waals surface area (Å²) in [5, 5.41) is 3.79. The number of benzene rings is 2. The number of anilines is 1. The number of fused-ring (bicyclic) bond motifs is 1. The van der Waals surface area contributed by atoms with Crippen LogP contribution in [0.15, 0.2) is 53.1 Å². The summed E-state index contributed by atoms with van der Waals surface area (Å²) in [7, 11) is 1.59. The van der Waals surface area contributed by atoms with Gasteiger partial charge in [0.2, 0.25) is 0 Å². The van der Waals surface area contributed by atoms with E-state index in [1.165, 1.54) is 0 Å². The molecule has 106 valence electrons. The van der Waals surface area contributed by atoms with Crippen molar-refractivity contribution in [1.82, 2.24) is 4.98 Å². The molecule has 1 aromatic heterocycles. The second kappa shape index (κ2) is 5.61. The number of carbonyl (C=O) groups is 1. The monoisotopic (exact) mass is 344 g/mol. The Bertz CT molecular complexity index is 811. The number of amides is 1. The standard InChI is InChI=1S/C16H13BrN2O2/c1-21-15-9-10(5-6-13(15)17)19-16(20)12-3-2-4-14-11(12)7-8-18-14/h2-9,18H,1H3,(H,19,20). The van der Waals surface area contributed by atoms with Crippen molar-refractivity contribution in [3.8, 4) is 5.75 Å². The summed E-state index contributed by atoms with van der Waals surface area (Å²) in [6, 6.07) is 12.9. The lowest BCUT2D eigenvalue weighted by atomic mass is 10.1. The van der Waals surface area contributed by atoms with Crippen molar-refractivity contribution >= 4 is 38.4 Å². The van der Waals surface area contributed by atoms with E-state index in [0.29, 0.717) is 17.0 Å². The SMILES string of the molecule is COc1cc(NC(=O)c2cccc3[nH]ccc23)ccc1Br. The Morgan fingerprint density at radius 1 is 1.24 bits per heavy atom. The molecule has 0 aliphatic heterocycles. The van der Waals surface area contributed by atoms with Gasteiger partial charge in [-0.3, -0.25) is 4.79 Å². The van der Waals surface area contributed by atoms with Crippen molar-refractivity contribution in [3.05, 3.63) is 58.7 Å². The fraction of sp³-hybridized carbons (Fsp3) is 0.0625. The third-order valence-electron chi connectivity index (χ3n) is 3.25. The average Bonchev–Trinajstić information content (AvgIpc) is 2.97. The van der Waals surface area contributed by atoms with E-state index in [4.69, 9.17) is 4.74 Å². The van der Waals surface area contributed by atoms with Crippen LogP contribution in [0.4, 0.5) is 5.69 Å². The lowest BCUT2D eigenvalue weighted by Gasteiger charge is -2.09. The number of hydrogen-bond acceptors (Lipinski definition) is 2. The van der Waals surface area contributed by atoms with Crippen LogP contribution in [0.3, 0.4) is 0 Å². The van der Waals surface area contributed by atoms with Crippen LogP contribution in [0.2, 0.25) is 0 Å². The van der Waals surface area contributed by atoms with Crippen LogP contribution in [0.5, 0.6) is 5.75 Å². The number of carbonyl (C=O) groups excluding carboxylic acids is 1. The van der Waals surface area contributed by atoms with Gasteiger partial charge in [0.1, 0.15) is 5.75 Å². The van der Waals surface area contributed by atoms with E-state index in [2.05, 4.69) is 26.2 Å². The van der Waals surface area contributed by atoms with Crippen LogP contribution < -0.4 is 10.1 Å². The van der Waals surface area contributed by atoms with Crippen molar-refractivity contribution < 1.29 is 9.53 Å². The normalized spacial score (nSPS) is 10.6. The van der Waals surface area contributed by atoms with Gasteiger partial charge >= 0.3 is 0 Å². The number of H-pyrrole nitrogens is 1. The number of aromatic amines is 1. The highest BCUT2D eigenvalue weighted by atomic mass is 79.9. The molecule has 2 aromatic carbocycles. The van der Waals surface area contributed by atoms with Gasteiger partial charge in [0, 0.05) is 34.4 Å². The maximum absolute atomic E-state index is 12.4. The molecule has 0 spiro atoms. The number of aromatic nitrogens is 1. The van der Waals surface area contributed by atoms with E-state index in [1.807, 2.05) is 42.6 Å². The van der Waals surface area contributed by atoms with Crippen molar-refractivity contribution in [2.75, 3.05) is 12.4 Å². The Morgan fingerprint density at radius 2 is 2.10 bits per heavy atom. The highest BCUT2D eigenvalue weighted by molar-refractivity contribution is 9.10. The Hall–Kier alpha value is -2.27. The summed E-state index contributed by atoms with van der Waals surface area (Å²) in [5.41, 5.74) is 2.26. The molecule has 0 unspecified atom stereocenters.